The highest BCUT2D eigenvalue weighted by Crippen LogP contribution is 2.12. The van der Waals surface area contributed by atoms with Gasteiger partial charge >= 0.3 is 0 Å². The minimum atomic E-state index is -0.200. The highest BCUT2D eigenvalue weighted by Gasteiger charge is 2.03. The Balaban J connectivity index is 1.77. The van der Waals surface area contributed by atoms with Gasteiger partial charge in [-0.1, -0.05) is 29.8 Å². The number of carbonyl (C=O) groups is 1. The average molecular weight is 271 g/mol. The van der Waals surface area contributed by atoms with Crippen molar-refractivity contribution in [2.24, 2.45) is 0 Å². The lowest BCUT2D eigenvalue weighted by Gasteiger charge is -2.08. The van der Waals surface area contributed by atoms with Gasteiger partial charge in [0.25, 0.3) is 5.91 Å². The number of benzene rings is 2. The van der Waals surface area contributed by atoms with Crippen molar-refractivity contribution in [1.29, 1.82) is 0 Å². The molecule has 0 aliphatic heterocycles. The summed E-state index contributed by atoms with van der Waals surface area (Å²) in [6, 6.07) is 14.3. The fraction of sp³-hybridized carbons (Fsp3) is 0.188. The fourth-order valence-electron chi connectivity index (χ4n) is 1.70. The second kappa shape index (κ2) is 6.61. The lowest BCUT2D eigenvalue weighted by Crippen LogP contribution is -2.28. The van der Waals surface area contributed by atoms with Crippen molar-refractivity contribution in [2.75, 3.05) is 6.61 Å². The summed E-state index contributed by atoms with van der Waals surface area (Å²) in [7, 11) is 0. The molecule has 0 spiro atoms. The van der Waals surface area contributed by atoms with E-state index in [4.69, 9.17) is 4.74 Å². The first-order chi connectivity index (χ1) is 9.63. The molecule has 0 saturated heterocycles. The number of rotatable bonds is 5. The van der Waals surface area contributed by atoms with E-state index in [-0.39, 0.29) is 18.3 Å². The van der Waals surface area contributed by atoms with Gasteiger partial charge in [0.1, 0.15) is 11.5 Å². The van der Waals surface area contributed by atoms with Crippen molar-refractivity contribution in [1.82, 2.24) is 5.32 Å². The number of aryl methyl sites for hydroxylation is 1. The molecule has 2 aromatic carbocycles. The molecule has 2 rings (SSSR count). The molecule has 4 heteroatoms. The Morgan fingerprint density at radius 1 is 1.20 bits per heavy atom. The molecular weight excluding hydrogens is 254 g/mol. The summed E-state index contributed by atoms with van der Waals surface area (Å²) in [5.41, 5.74) is 1.99. The lowest BCUT2D eigenvalue weighted by molar-refractivity contribution is -0.123. The maximum atomic E-state index is 11.6. The summed E-state index contributed by atoms with van der Waals surface area (Å²) in [6.07, 6.45) is 0. The summed E-state index contributed by atoms with van der Waals surface area (Å²) < 4.78 is 5.37. The normalized spacial score (nSPS) is 10.1. The molecule has 0 fully saturated rings. The molecule has 0 unspecified atom stereocenters. The number of hydrogen-bond acceptors (Lipinski definition) is 3. The molecule has 4 nitrogen and oxygen atoms in total. The van der Waals surface area contributed by atoms with Crippen LogP contribution in [0.3, 0.4) is 0 Å². The van der Waals surface area contributed by atoms with E-state index in [0.717, 1.165) is 11.1 Å². The topological polar surface area (TPSA) is 58.6 Å². The van der Waals surface area contributed by atoms with Gasteiger partial charge in [-0.15, -0.1) is 0 Å². The highest BCUT2D eigenvalue weighted by atomic mass is 16.5. The Hall–Kier alpha value is -2.49. The molecule has 1 amide bonds. The Morgan fingerprint density at radius 3 is 2.65 bits per heavy atom. The van der Waals surface area contributed by atoms with Gasteiger partial charge in [-0.3, -0.25) is 4.79 Å². The van der Waals surface area contributed by atoms with Gasteiger partial charge < -0.3 is 15.2 Å². The molecule has 0 atom stereocenters. The first kappa shape index (κ1) is 13.9. The predicted octanol–water partition coefficient (Wildman–Crippen LogP) is 2.40. The fourth-order valence-corrected chi connectivity index (χ4v) is 1.70. The molecule has 104 valence electrons. The molecule has 20 heavy (non-hydrogen) atoms. The van der Waals surface area contributed by atoms with Crippen LogP contribution in [0.1, 0.15) is 11.1 Å². The number of phenols is 1. The number of hydrogen-bond donors (Lipinski definition) is 2. The van der Waals surface area contributed by atoms with E-state index in [2.05, 4.69) is 5.32 Å². The summed E-state index contributed by atoms with van der Waals surface area (Å²) in [4.78, 5) is 11.6. The monoisotopic (exact) mass is 271 g/mol. The Labute approximate surface area is 118 Å². The number of aromatic hydroxyl groups is 1. The van der Waals surface area contributed by atoms with Crippen LogP contribution in [0.15, 0.2) is 48.5 Å². The highest BCUT2D eigenvalue weighted by molar-refractivity contribution is 5.77. The van der Waals surface area contributed by atoms with E-state index < -0.39 is 0 Å². The first-order valence-corrected chi connectivity index (χ1v) is 6.37. The van der Waals surface area contributed by atoms with Crippen LogP contribution in [0.4, 0.5) is 0 Å². The standard InChI is InChI=1S/C16H17NO3/c1-12-5-7-15(8-6-12)20-11-16(19)17-10-13-3-2-4-14(18)9-13/h2-9,18H,10-11H2,1H3,(H,17,19). The van der Waals surface area contributed by atoms with Crippen molar-refractivity contribution in [3.05, 3.63) is 59.7 Å². The lowest BCUT2D eigenvalue weighted by atomic mass is 10.2. The second-order valence-corrected chi connectivity index (χ2v) is 4.55. The third kappa shape index (κ3) is 4.31. The van der Waals surface area contributed by atoms with Crippen LogP contribution in [0.5, 0.6) is 11.5 Å². The summed E-state index contributed by atoms with van der Waals surface area (Å²) in [5.74, 6) is 0.657. The third-order valence-electron chi connectivity index (χ3n) is 2.79. The van der Waals surface area contributed by atoms with Crippen LogP contribution < -0.4 is 10.1 Å². The maximum absolute atomic E-state index is 11.6. The summed E-state index contributed by atoms with van der Waals surface area (Å²) in [5, 5.41) is 12.0. The van der Waals surface area contributed by atoms with E-state index in [0.29, 0.717) is 12.3 Å². The third-order valence-corrected chi connectivity index (χ3v) is 2.79. The van der Waals surface area contributed by atoms with Crippen molar-refractivity contribution < 1.29 is 14.6 Å². The van der Waals surface area contributed by atoms with Gasteiger partial charge in [0.2, 0.25) is 0 Å². The van der Waals surface area contributed by atoms with Crippen molar-refractivity contribution in [3.63, 3.8) is 0 Å². The van der Waals surface area contributed by atoms with E-state index in [1.54, 1.807) is 18.2 Å². The molecule has 0 aliphatic rings. The number of nitrogens with one attached hydrogen (secondary N) is 1. The minimum absolute atomic E-state index is 0.0259. The van der Waals surface area contributed by atoms with Crippen LogP contribution in [-0.2, 0) is 11.3 Å². The predicted molar refractivity (Wildman–Crippen MR) is 76.6 cm³/mol. The van der Waals surface area contributed by atoms with E-state index in [1.807, 2.05) is 37.3 Å². The zero-order valence-corrected chi connectivity index (χ0v) is 11.3. The van der Waals surface area contributed by atoms with Crippen molar-refractivity contribution in [2.45, 2.75) is 13.5 Å². The van der Waals surface area contributed by atoms with E-state index >= 15 is 0 Å². The van der Waals surface area contributed by atoms with Gasteiger partial charge in [-0.2, -0.15) is 0 Å². The maximum Gasteiger partial charge on any atom is 0.258 e. The minimum Gasteiger partial charge on any atom is -0.508 e. The van der Waals surface area contributed by atoms with Crippen molar-refractivity contribution in [3.8, 4) is 11.5 Å². The quantitative estimate of drug-likeness (QED) is 0.878. The second-order valence-electron chi connectivity index (χ2n) is 4.55. The molecular formula is C16H17NO3. The first-order valence-electron chi connectivity index (χ1n) is 6.37. The molecule has 2 aromatic rings. The van der Waals surface area contributed by atoms with Gasteiger partial charge in [-0.25, -0.2) is 0 Å². The Morgan fingerprint density at radius 2 is 1.95 bits per heavy atom. The van der Waals surface area contributed by atoms with Crippen LogP contribution in [0, 0.1) is 6.92 Å². The zero-order valence-electron chi connectivity index (χ0n) is 11.3. The number of phenolic OH excluding ortho intramolecular Hbond substituents is 1. The molecule has 0 bridgehead atoms. The molecule has 0 aliphatic carbocycles. The molecule has 0 saturated carbocycles. The van der Waals surface area contributed by atoms with Crippen LogP contribution >= 0.6 is 0 Å². The zero-order chi connectivity index (χ0) is 14.4. The van der Waals surface area contributed by atoms with Gasteiger partial charge in [0.15, 0.2) is 6.61 Å². The van der Waals surface area contributed by atoms with Crippen molar-refractivity contribution >= 4 is 5.91 Å². The average Bonchev–Trinajstić information content (AvgIpc) is 2.45. The molecule has 0 radical (unpaired) electrons. The molecule has 0 heterocycles. The summed E-state index contributed by atoms with van der Waals surface area (Å²) >= 11 is 0. The Bertz CT molecular complexity index is 579. The van der Waals surface area contributed by atoms with E-state index in [1.165, 1.54) is 0 Å². The van der Waals surface area contributed by atoms with Gasteiger partial charge in [0, 0.05) is 6.54 Å². The van der Waals surface area contributed by atoms with Gasteiger partial charge in [0.05, 0.1) is 0 Å². The molecule has 2 N–H and O–H groups in total. The van der Waals surface area contributed by atoms with Crippen LogP contribution in [0.25, 0.3) is 0 Å². The van der Waals surface area contributed by atoms with Gasteiger partial charge in [-0.05, 0) is 36.8 Å². The molecule has 0 aromatic heterocycles. The number of amides is 1. The van der Waals surface area contributed by atoms with Crippen LogP contribution in [-0.4, -0.2) is 17.6 Å². The largest absolute Gasteiger partial charge is 0.508 e. The van der Waals surface area contributed by atoms with E-state index in [9.17, 15) is 9.90 Å². The Kier molecular flexibility index (Phi) is 4.60. The number of ether oxygens (including phenoxy) is 1. The smallest absolute Gasteiger partial charge is 0.258 e. The van der Waals surface area contributed by atoms with Crippen LogP contribution in [0.2, 0.25) is 0 Å². The summed E-state index contributed by atoms with van der Waals surface area (Å²) in [6.45, 7) is 2.33. The number of carbonyl (C=O) groups excluding carboxylic acids is 1. The SMILES string of the molecule is Cc1ccc(OCC(=O)NCc2cccc(O)c2)cc1.